The molecule has 1 aliphatic heterocycles. The minimum atomic E-state index is -1.31. The van der Waals surface area contributed by atoms with Crippen molar-refractivity contribution in [2.75, 3.05) is 4.90 Å². The summed E-state index contributed by atoms with van der Waals surface area (Å²) in [7, 11) is 0. The second-order valence-electron chi connectivity index (χ2n) is 7.07. The van der Waals surface area contributed by atoms with Crippen LogP contribution in [-0.4, -0.2) is 17.8 Å². The number of carboxylic acids is 1. The average molecular weight is 308 g/mol. The molecule has 4 aliphatic rings. The molecule has 1 saturated heterocycles. The van der Waals surface area contributed by atoms with Gasteiger partial charge in [0, 0.05) is 0 Å². The van der Waals surface area contributed by atoms with Crippen LogP contribution in [-0.2, 0) is 9.59 Å². The zero-order valence-corrected chi connectivity index (χ0v) is 12.3. The normalized spacial score (nSPS) is 35.2. The number of allylic oxidation sites excluding steroid dienone is 2. The fourth-order valence-corrected chi connectivity index (χ4v) is 5.10. The van der Waals surface area contributed by atoms with Crippen molar-refractivity contribution >= 4 is 23.5 Å². The van der Waals surface area contributed by atoms with E-state index in [1.807, 2.05) is 0 Å². The average Bonchev–Trinajstić information content (AvgIpc) is 3.13. The van der Waals surface area contributed by atoms with Crippen molar-refractivity contribution in [2.45, 2.75) is 12.8 Å². The number of aromatic carboxylic acids is 1. The van der Waals surface area contributed by atoms with Gasteiger partial charge in [-0.3, -0.25) is 9.59 Å². The Morgan fingerprint density at radius 3 is 2.22 bits per heavy atom. The molecule has 1 heterocycles. The maximum atomic E-state index is 12.9. The molecule has 1 aromatic carbocycles. The number of carbonyl (C=O) groups excluding carboxylic acids is 3. The Kier molecular flexibility index (Phi) is 2.22. The number of rotatable bonds is 2. The Hall–Kier alpha value is -2.43. The Morgan fingerprint density at radius 1 is 1.09 bits per heavy atom. The Bertz CT molecular complexity index is 773. The molecule has 0 N–H and O–H groups in total. The summed E-state index contributed by atoms with van der Waals surface area (Å²) in [6.45, 7) is 0. The van der Waals surface area contributed by atoms with E-state index >= 15 is 0 Å². The van der Waals surface area contributed by atoms with Crippen LogP contribution in [0.3, 0.4) is 0 Å². The summed E-state index contributed by atoms with van der Waals surface area (Å²) in [6.07, 6.45) is 6.43. The number of carbonyl (C=O) groups is 3. The number of benzene rings is 1. The van der Waals surface area contributed by atoms with Crippen LogP contribution in [0.2, 0.25) is 0 Å². The third kappa shape index (κ3) is 1.41. The lowest BCUT2D eigenvalue weighted by Gasteiger charge is -2.22. The summed E-state index contributed by atoms with van der Waals surface area (Å²) in [5, 5.41) is 11.0. The van der Waals surface area contributed by atoms with E-state index in [1.165, 1.54) is 23.1 Å². The van der Waals surface area contributed by atoms with Crippen LogP contribution in [0.25, 0.3) is 0 Å². The Balaban J connectivity index is 1.56. The fourth-order valence-electron chi connectivity index (χ4n) is 5.10. The van der Waals surface area contributed by atoms with Gasteiger partial charge >= 0.3 is 0 Å². The Morgan fingerprint density at radius 2 is 1.70 bits per heavy atom. The highest BCUT2D eigenvalue weighted by atomic mass is 16.4. The van der Waals surface area contributed by atoms with Crippen molar-refractivity contribution in [3.63, 3.8) is 0 Å². The third-order valence-corrected chi connectivity index (χ3v) is 6.19. The smallest absolute Gasteiger partial charge is 0.238 e. The maximum Gasteiger partial charge on any atom is 0.238 e. The van der Waals surface area contributed by atoms with Crippen LogP contribution >= 0.6 is 0 Å². The van der Waals surface area contributed by atoms with E-state index in [0.29, 0.717) is 5.69 Å². The molecule has 3 fully saturated rings. The van der Waals surface area contributed by atoms with Crippen LogP contribution in [0, 0.1) is 29.1 Å². The number of amides is 2. The zero-order chi connectivity index (χ0) is 15.9. The molecular formula is C18H14NO4-. The standard InChI is InChI=1S/C18H15NO4/c20-15-13-11-4-5-12(18(11)6-7-18)14(13)16(21)19(15)10-3-1-2-9(8-10)17(22)23/h1-5,8,11-14H,6-7H2,(H,22,23)/p-1/t11-,12+,13+,14-. The van der Waals surface area contributed by atoms with Gasteiger partial charge in [-0.25, -0.2) is 4.90 Å². The zero-order valence-electron chi connectivity index (χ0n) is 12.3. The molecule has 5 nitrogen and oxygen atoms in total. The van der Waals surface area contributed by atoms with E-state index in [1.54, 1.807) is 6.07 Å². The van der Waals surface area contributed by atoms with Crippen LogP contribution in [0.5, 0.6) is 0 Å². The summed E-state index contributed by atoms with van der Waals surface area (Å²) in [5.74, 6) is -1.88. The second-order valence-corrected chi connectivity index (χ2v) is 7.07. The summed E-state index contributed by atoms with van der Waals surface area (Å²) in [4.78, 5) is 38.0. The van der Waals surface area contributed by atoms with Gasteiger partial charge in [-0.05, 0) is 47.8 Å². The van der Waals surface area contributed by atoms with Crippen molar-refractivity contribution < 1.29 is 19.5 Å². The van der Waals surface area contributed by atoms with Gasteiger partial charge in [0.2, 0.25) is 11.8 Å². The van der Waals surface area contributed by atoms with Crippen molar-refractivity contribution in [3.05, 3.63) is 42.0 Å². The summed E-state index contributed by atoms with van der Waals surface area (Å²) >= 11 is 0. The summed E-state index contributed by atoms with van der Waals surface area (Å²) in [5.41, 5.74) is 0.472. The van der Waals surface area contributed by atoms with Gasteiger partial charge in [0.1, 0.15) is 0 Å². The van der Waals surface area contributed by atoms with Gasteiger partial charge in [-0.1, -0.05) is 24.3 Å². The second kappa shape index (κ2) is 3.91. The maximum absolute atomic E-state index is 12.9. The molecule has 0 radical (unpaired) electrons. The number of nitrogens with zero attached hydrogens (tertiary/aromatic N) is 1. The molecule has 4 atom stereocenters. The predicted molar refractivity (Wildman–Crippen MR) is 78.0 cm³/mol. The van der Waals surface area contributed by atoms with E-state index in [2.05, 4.69) is 12.2 Å². The quantitative estimate of drug-likeness (QED) is 0.597. The molecule has 5 heteroatoms. The van der Waals surface area contributed by atoms with Crippen molar-refractivity contribution in [2.24, 2.45) is 29.1 Å². The van der Waals surface area contributed by atoms with Gasteiger partial charge in [0.15, 0.2) is 0 Å². The molecule has 1 spiro atoms. The first-order chi connectivity index (χ1) is 11.0. The monoisotopic (exact) mass is 308 g/mol. The van der Waals surface area contributed by atoms with Crippen LogP contribution in [0.4, 0.5) is 5.69 Å². The van der Waals surface area contributed by atoms with Gasteiger partial charge in [-0.2, -0.15) is 0 Å². The molecule has 23 heavy (non-hydrogen) atoms. The highest BCUT2D eigenvalue weighted by Crippen LogP contribution is 2.73. The van der Waals surface area contributed by atoms with Gasteiger partial charge < -0.3 is 9.90 Å². The van der Waals surface area contributed by atoms with E-state index < -0.39 is 5.97 Å². The number of anilines is 1. The van der Waals surface area contributed by atoms with Crippen molar-refractivity contribution in [3.8, 4) is 0 Å². The highest BCUT2D eigenvalue weighted by Gasteiger charge is 2.73. The first-order valence-electron chi connectivity index (χ1n) is 7.92. The molecule has 1 aromatic rings. The van der Waals surface area contributed by atoms with Gasteiger partial charge in [-0.15, -0.1) is 0 Å². The molecule has 116 valence electrons. The molecule has 3 aliphatic carbocycles. The van der Waals surface area contributed by atoms with Gasteiger partial charge in [0.25, 0.3) is 0 Å². The molecule has 2 bridgehead atoms. The number of carboxylic acid groups (broad SMARTS) is 1. The molecule has 0 unspecified atom stereocenters. The number of hydrogen-bond donors (Lipinski definition) is 0. The topological polar surface area (TPSA) is 77.5 Å². The SMILES string of the molecule is O=C([O-])c1cccc(N2C(=O)[C@@H]3[C@H](C2=O)[C@@H]2C=C[C@H]3C23CC3)c1. The van der Waals surface area contributed by atoms with E-state index in [0.717, 1.165) is 12.8 Å². The predicted octanol–water partition coefficient (Wildman–Crippen LogP) is 0.752. The lowest BCUT2D eigenvalue weighted by atomic mass is 9.85. The van der Waals surface area contributed by atoms with Crippen LogP contribution < -0.4 is 10.0 Å². The minimum absolute atomic E-state index is 0.0279. The van der Waals surface area contributed by atoms with E-state index in [9.17, 15) is 19.5 Å². The molecule has 2 saturated carbocycles. The lowest BCUT2D eigenvalue weighted by Crippen LogP contribution is -2.35. The van der Waals surface area contributed by atoms with E-state index in [-0.39, 0.29) is 46.5 Å². The largest absolute Gasteiger partial charge is 0.545 e. The van der Waals surface area contributed by atoms with Gasteiger partial charge in [0.05, 0.1) is 23.5 Å². The van der Waals surface area contributed by atoms with E-state index in [4.69, 9.17) is 0 Å². The number of fused-ring (bicyclic) bond motifs is 3. The summed E-state index contributed by atoms with van der Waals surface area (Å²) in [6, 6.07) is 5.87. The van der Waals surface area contributed by atoms with Crippen LogP contribution in [0.15, 0.2) is 36.4 Å². The number of hydrogen-bond acceptors (Lipinski definition) is 4. The van der Waals surface area contributed by atoms with Crippen molar-refractivity contribution in [1.82, 2.24) is 0 Å². The minimum Gasteiger partial charge on any atom is -0.545 e. The lowest BCUT2D eigenvalue weighted by molar-refractivity contribution is -0.255. The highest BCUT2D eigenvalue weighted by molar-refractivity contribution is 6.23. The fraction of sp³-hybridized carbons (Fsp3) is 0.389. The first-order valence-corrected chi connectivity index (χ1v) is 7.92. The van der Waals surface area contributed by atoms with Crippen molar-refractivity contribution in [1.29, 1.82) is 0 Å². The first kappa shape index (κ1) is 13.0. The number of imide groups is 1. The molecule has 0 aromatic heterocycles. The molecular weight excluding hydrogens is 294 g/mol. The summed E-state index contributed by atoms with van der Waals surface area (Å²) < 4.78 is 0. The Labute approximate surface area is 132 Å². The molecule has 2 amide bonds. The molecule has 5 rings (SSSR count). The van der Waals surface area contributed by atoms with Crippen LogP contribution in [0.1, 0.15) is 23.2 Å². The third-order valence-electron chi connectivity index (χ3n) is 6.19.